The molecule has 19 heavy (non-hydrogen) atoms. The summed E-state index contributed by atoms with van der Waals surface area (Å²) in [4.78, 5) is 23.9. The average molecular weight is 327 g/mol. The number of benzene rings is 1. The molecule has 0 fully saturated rings. The van der Waals surface area contributed by atoms with Crippen molar-refractivity contribution in [1.82, 2.24) is 9.13 Å². The smallest absolute Gasteiger partial charge is 0.339 e. The third-order valence-corrected chi connectivity index (χ3v) is 3.70. The summed E-state index contributed by atoms with van der Waals surface area (Å²) in [6, 6.07) is 3.47. The summed E-state index contributed by atoms with van der Waals surface area (Å²) in [6.07, 6.45) is 0. The number of rotatable bonds is 3. The van der Waals surface area contributed by atoms with Gasteiger partial charge < -0.3 is 4.74 Å². The molecular formula is C13H15BrN2O3. The molecule has 2 aromatic rings. The van der Waals surface area contributed by atoms with Crippen LogP contribution in [0.5, 0.6) is 0 Å². The number of halogens is 1. The van der Waals surface area contributed by atoms with Crippen LogP contribution in [0.4, 0.5) is 0 Å². The first-order chi connectivity index (χ1) is 9.01. The minimum atomic E-state index is -0.393. The van der Waals surface area contributed by atoms with Crippen molar-refractivity contribution in [3.8, 4) is 0 Å². The molecule has 0 bridgehead atoms. The van der Waals surface area contributed by atoms with Crippen molar-refractivity contribution in [2.24, 2.45) is 7.05 Å². The molecule has 0 unspecified atom stereocenters. The van der Waals surface area contributed by atoms with Gasteiger partial charge in [-0.2, -0.15) is 0 Å². The summed E-state index contributed by atoms with van der Waals surface area (Å²) in [7, 11) is 1.72. The zero-order valence-corrected chi connectivity index (χ0v) is 12.7. The van der Waals surface area contributed by atoms with Crippen molar-refractivity contribution in [3.63, 3.8) is 0 Å². The number of carbonyl (C=O) groups is 1. The zero-order valence-electron chi connectivity index (χ0n) is 11.1. The number of imidazole rings is 1. The molecule has 0 aliphatic heterocycles. The standard InChI is InChI=1S/C13H15BrN2O3/c1-4-16-11-6-8(12(17)19-5-2)9(14)7-10(11)15(3)13(16)18/h6-7H,4-5H2,1-3H3. The fourth-order valence-electron chi connectivity index (χ4n) is 2.09. The predicted molar refractivity (Wildman–Crippen MR) is 76.5 cm³/mol. The molecule has 0 saturated heterocycles. The summed E-state index contributed by atoms with van der Waals surface area (Å²) in [5.41, 5.74) is 1.86. The maximum absolute atomic E-state index is 12.0. The highest BCUT2D eigenvalue weighted by atomic mass is 79.9. The highest BCUT2D eigenvalue weighted by Crippen LogP contribution is 2.24. The van der Waals surface area contributed by atoms with Crippen LogP contribution in [0, 0.1) is 0 Å². The Morgan fingerprint density at radius 3 is 2.58 bits per heavy atom. The number of nitrogens with zero attached hydrogens (tertiary/aromatic N) is 2. The van der Waals surface area contributed by atoms with E-state index in [0.29, 0.717) is 23.2 Å². The predicted octanol–water partition coefficient (Wildman–Crippen LogP) is 2.30. The molecule has 0 atom stereocenters. The van der Waals surface area contributed by atoms with Crippen LogP contribution in [0.25, 0.3) is 11.0 Å². The quantitative estimate of drug-likeness (QED) is 0.813. The minimum absolute atomic E-state index is 0.0922. The highest BCUT2D eigenvalue weighted by molar-refractivity contribution is 9.10. The highest BCUT2D eigenvalue weighted by Gasteiger charge is 2.17. The second-order valence-corrected chi connectivity index (χ2v) is 4.98. The van der Waals surface area contributed by atoms with Crippen molar-refractivity contribution in [2.45, 2.75) is 20.4 Å². The van der Waals surface area contributed by atoms with E-state index >= 15 is 0 Å². The van der Waals surface area contributed by atoms with E-state index in [4.69, 9.17) is 4.74 Å². The molecule has 1 aromatic heterocycles. The van der Waals surface area contributed by atoms with Gasteiger partial charge in [-0.15, -0.1) is 0 Å². The number of carbonyl (C=O) groups excluding carboxylic acids is 1. The maximum atomic E-state index is 12.0. The van der Waals surface area contributed by atoms with Crippen LogP contribution in [-0.2, 0) is 18.3 Å². The number of aromatic nitrogens is 2. The molecule has 5 nitrogen and oxygen atoms in total. The molecule has 0 aliphatic rings. The van der Waals surface area contributed by atoms with Crippen molar-refractivity contribution in [1.29, 1.82) is 0 Å². The first-order valence-electron chi connectivity index (χ1n) is 6.07. The summed E-state index contributed by atoms with van der Waals surface area (Å²) in [5.74, 6) is -0.393. The van der Waals surface area contributed by atoms with E-state index in [-0.39, 0.29) is 5.69 Å². The summed E-state index contributed by atoms with van der Waals surface area (Å²) in [5, 5.41) is 0. The number of aryl methyl sites for hydroxylation is 2. The van der Waals surface area contributed by atoms with Gasteiger partial charge in [0.25, 0.3) is 0 Å². The van der Waals surface area contributed by atoms with E-state index in [1.165, 1.54) is 0 Å². The number of ether oxygens (including phenoxy) is 1. The van der Waals surface area contributed by atoms with Crippen LogP contribution >= 0.6 is 15.9 Å². The molecule has 6 heteroatoms. The van der Waals surface area contributed by atoms with E-state index in [2.05, 4.69) is 15.9 Å². The van der Waals surface area contributed by atoms with Gasteiger partial charge in [0, 0.05) is 18.1 Å². The van der Waals surface area contributed by atoms with Crippen LogP contribution in [0.2, 0.25) is 0 Å². The zero-order chi connectivity index (χ0) is 14.2. The lowest BCUT2D eigenvalue weighted by Gasteiger charge is -2.06. The van der Waals surface area contributed by atoms with Gasteiger partial charge in [0.2, 0.25) is 0 Å². The molecule has 102 valence electrons. The Morgan fingerprint density at radius 1 is 1.32 bits per heavy atom. The van der Waals surface area contributed by atoms with Gasteiger partial charge in [-0.3, -0.25) is 9.13 Å². The van der Waals surface area contributed by atoms with Gasteiger partial charge in [-0.25, -0.2) is 9.59 Å². The lowest BCUT2D eigenvalue weighted by atomic mass is 10.2. The fourth-order valence-corrected chi connectivity index (χ4v) is 2.59. The first-order valence-corrected chi connectivity index (χ1v) is 6.86. The number of hydrogen-bond acceptors (Lipinski definition) is 3. The van der Waals surface area contributed by atoms with Crippen molar-refractivity contribution in [2.75, 3.05) is 6.61 Å². The Kier molecular flexibility index (Phi) is 3.80. The molecular weight excluding hydrogens is 312 g/mol. The summed E-state index contributed by atoms with van der Waals surface area (Å²) >= 11 is 3.35. The van der Waals surface area contributed by atoms with E-state index in [9.17, 15) is 9.59 Å². The van der Waals surface area contributed by atoms with Crippen LogP contribution in [0.15, 0.2) is 21.4 Å². The van der Waals surface area contributed by atoms with Crippen LogP contribution in [0.3, 0.4) is 0 Å². The number of fused-ring (bicyclic) bond motifs is 1. The first kappa shape index (κ1) is 13.9. The van der Waals surface area contributed by atoms with Gasteiger partial charge in [0.05, 0.1) is 23.2 Å². The van der Waals surface area contributed by atoms with E-state index in [1.54, 1.807) is 35.2 Å². The van der Waals surface area contributed by atoms with Crippen LogP contribution in [0.1, 0.15) is 24.2 Å². The maximum Gasteiger partial charge on any atom is 0.339 e. The number of hydrogen-bond donors (Lipinski definition) is 0. The third kappa shape index (κ3) is 2.20. The van der Waals surface area contributed by atoms with Crippen molar-refractivity contribution >= 4 is 32.9 Å². The van der Waals surface area contributed by atoms with E-state index in [1.807, 2.05) is 6.92 Å². The van der Waals surface area contributed by atoms with Gasteiger partial charge in [-0.05, 0) is 41.9 Å². The Bertz CT molecular complexity index is 700. The van der Waals surface area contributed by atoms with Gasteiger partial charge >= 0.3 is 11.7 Å². The Balaban J connectivity index is 2.74. The van der Waals surface area contributed by atoms with Gasteiger partial charge in [-0.1, -0.05) is 0 Å². The molecule has 0 amide bonds. The van der Waals surface area contributed by atoms with E-state index in [0.717, 1.165) is 11.0 Å². The SMILES string of the molecule is CCOC(=O)c1cc2c(cc1Br)n(C)c(=O)n2CC. The Hall–Kier alpha value is -1.56. The van der Waals surface area contributed by atoms with Crippen molar-refractivity contribution in [3.05, 3.63) is 32.7 Å². The topological polar surface area (TPSA) is 53.2 Å². The molecule has 2 rings (SSSR count). The Labute approximate surface area is 118 Å². The molecule has 0 radical (unpaired) electrons. The van der Waals surface area contributed by atoms with Gasteiger partial charge in [0.1, 0.15) is 0 Å². The molecule has 1 heterocycles. The Morgan fingerprint density at radius 2 is 2.00 bits per heavy atom. The summed E-state index contributed by atoms with van der Waals surface area (Å²) < 4.78 is 8.83. The molecule has 1 aromatic carbocycles. The monoisotopic (exact) mass is 326 g/mol. The van der Waals surface area contributed by atoms with Crippen LogP contribution < -0.4 is 5.69 Å². The van der Waals surface area contributed by atoms with Crippen molar-refractivity contribution < 1.29 is 9.53 Å². The molecule has 0 N–H and O–H groups in total. The third-order valence-electron chi connectivity index (χ3n) is 3.05. The largest absolute Gasteiger partial charge is 0.462 e. The second-order valence-electron chi connectivity index (χ2n) is 4.13. The molecule has 0 spiro atoms. The number of esters is 1. The minimum Gasteiger partial charge on any atom is -0.462 e. The second kappa shape index (κ2) is 5.21. The molecule has 0 saturated carbocycles. The molecule has 0 aliphatic carbocycles. The van der Waals surface area contributed by atoms with Gasteiger partial charge in [0.15, 0.2) is 0 Å². The van der Waals surface area contributed by atoms with Crippen LogP contribution in [-0.4, -0.2) is 21.7 Å². The normalized spacial score (nSPS) is 10.9. The fraction of sp³-hybridized carbons (Fsp3) is 0.385. The van der Waals surface area contributed by atoms with E-state index < -0.39 is 5.97 Å². The average Bonchev–Trinajstić information content (AvgIpc) is 2.61. The summed E-state index contributed by atoms with van der Waals surface area (Å²) in [6.45, 7) is 4.53. The lowest BCUT2D eigenvalue weighted by Crippen LogP contribution is -2.21. The lowest BCUT2D eigenvalue weighted by molar-refractivity contribution is 0.0525.